The number of nitrogens with zero attached hydrogens (tertiary/aromatic N) is 5. The number of carbonyl (C=O) groups excluding carboxylic acids is 3. The standard InChI is InChI=1S/C12H12N6O3/c1-6-3-7(2)18-12(13-6)15-10(16-18)11(21)17-4-8(19)14-9(20)5-17/h3H,4-5H2,1-2H3,(H,14,19,20). The average Bonchev–Trinajstić information content (AvgIpc) is 2.80. The predicted molar refractivity (Wildman–Crippen MR) is 69.3 cm³/mol. The third kappa shape index (κ3) is 2.33. The fraction of sp³-hybridized carbons (Fsp3) is 0.333. The van der Waals surface area contributed by atoms with Crippen LogP contribution in [-0.2, 0) is 9.59 Å². The lowest BCUT2D eigenvalue weighted by Crippen LogP contribution is -2.53. The van der Waals surface area contributed by atoms with Crippen LogP contribution < -0.4 is 5.32 Å². The van der Waals surface area contributed by atoms with Gasteiger partial charge in [0.2, 0.25) is 17.6 Å². The Labute approximate surface area is 119 Å². The number of hydrogen-bond acceptors (Lipinski definition) is 6. The van der Waals surface area contributed by atoms with Crippen LogP contribution in [0.3, 0.4) is 0 Å². The van der Waals surface area contributed by atoms with E-state index in [9.17, 15) is 14.4 Å². The van der Waals surface area contributed by atoms with Crippen LogP contribution in [0.1, 0.15) is 22.0 Å². The van der Waals surface area contributed by atoms with E-state index in [1.165, 1.54) is 4.52 Å². The van der Waals surface area contributed by atoms with Crippen LogP contribution in [-0.4, -0.2) is 55.3 Å². The van der Waals surface area contributed by atoms with E-state index in [-0.39, 0.29) is 18.9 Å². The normalized spacial score (nSPS) is 15.4. The molecule has 1 aliphatic heterocycles. The third-order valence-electron chi connectivity index (χ3n) is 3.04. The van der Waals surface area contributed by atoms with Gasteiger partial charge in [-0.2, -0.15) is 4.98 Å². The molecule has 1 saturated heterocycles. The first-order valence-electron chi connectivity index (χ1n) is 6.27. The van der Waals surface area contributed by atoms with Gasteiger partial charge in [0.25, 0.3) is 11.7 Å². The molecule has 0 saturated carbocycles. The third-order valence-corrected chi connectivity index (χ3v) is 3.04. The van der Waals surface area contributed by atoms with Crippen molar-refractivity contribution in [3.63, 3.8) is 0 Å². The number of aryl methyl sites for hydroxylation is 2. The minimum absolute atomic E-state index is 0.0845. The Kier molecular flexibility index (Phi) is 2.89. The number of fused-ring (bicyclic) bond motifs is 1. The lowest BCUT2D eigenvalue weighted by molar-refractivity contribution is -0.135. The topological polar surface area (TPSA) is 110 Å². The minimum Gasteiger partial charge on any atom is -0.317 e. The van der Waals surface area contributed by atoms with Crippen LogP contribution in [0.25, 0.3) is 5.78 Å². The van der Waals surface area contributed by atoms with Crippen molar-refractivity contribution in [1.29, 1.82) is 0 Å². The van der Waals surface area contributed by atoms with Gasteiger partial charge in [-0.25, -0.2) is 9.50 Å². The molecule has 1 aliphatic rings. The number of rotatable bonds is 1. The van der Waals surface area contributed by atoms with Crippen molar-refractivity contribution in [2.45, 2.75) is 13.8 Å². The maximum atomic E-state index is 12.3. The molecule has 0 aliphatic carbocycles. The number of carbonyl (C=O) groups is 3. The van der Waals surface area contributed by atoms with Crippen LogP contribution >= 0.6 is 0 Å². The zero-order valence-electron chi connectivity index (χ0n) is 11.5. The molecule has 9 heteroatoms. The predicted octanol–water partition coefficient (Wildman–Crippen LogP) is -1.16. The monoisotopic (exact) mass is 288 g/mol. The summed E-state index contributed by atoms with van der Waals surface area (Å²) < 4.78 is 1.45. The average molecular weight is 288 g/mol. The molecule has 0 radical (unpaired) electrons. The van der Waals surface area contributed by atoms with Gasteiger partial charge in [-0.3, -0.25) is 19.7 Å². The lowest BCUT2D eigenvalue weighted by Gasteiger charge is -2.23. The van der Waals surface area contributed by atoms with Gasteiger partial charge in [0.1, 0.15) is 13.1 Å². The molecule has 1 fully saturated rings. The summed E-state index contributed by atoms with van der Waals surface area (Å²) in [7, 11) is 0. The van der Waals surface area contributed by atoms with Gasteiger partial charge < -0.3 is 4.90 Å². The highest BCUT2D eigenvalue weighted by Crippen LogP contribution is 2.08. The highest BCUT2D eigenvalue weighted by atomic mass is 16.2. The summed E-state index contributed by atoms with van der Waals surface area (Å²) in [6, 6.07) is 1.81. The van der Waals surface area contributed by atoms with Crippen LogP contribution in [0.15, 0.2) is 6.07 Å². The molecular weight excluding hydrogens is 276 g/mol. The second-order valence-electron chi connectivity index (χ2n) is 4.82. The summed E-state index contributed by atoms with van der Waals surface area (Å²) in [5, 5.41) is 6.22. The van der Waals surface area contributed by atoms with Crippen molar-refractivity contribution in [2.24, 2.45) is 0 Å². The van der Waals surface area contributed by atoms with Crippen molar-refractivity contribution < 1.29 is 14.4 Å². The van der Waals surface area contributed by atoms with Crippen molar-refractivity contribution >= 4 is 23.5 Å². The Hall–Kier alpha value is -2.84. The van der Waals surface area contributed by atoms with Crippen molar-refractivity contribution in [1.82, 2.24) is 29.8 Å². The molecule has 3 rings (SSSR count). The molecule has 0 bridgehead atoms. The second-order valence-corrected chi connectivity index (χ2v) is 4.82. The quantitative estimate of drug-likeness (QED) is 0.663. The zero-order valence-corrected chi connectivity index (χ0v) is 11.5. The van der Waals surface area contributed by atoms with E-state index in [0.29, 0.717) is 5.78 Å². The molecule has 3 amide bonds. The van der Waals surface area contributed by atoms with Crippen LogP contribution in [0.5, 0.6) is 0 Å². The van der Waals surface area contributed by atoms with Gasteiger partial charge in [0.15, 0.2) is 0 Å². The van der Waals surface area contributed by atoms with Gasteiger partial charge in [0.05, 0.1) is 0 Å². The molecule has 0 aromatic carbocycles. The number of aromatic nitrogens is 4. The first kappa shape index (κ1) is 13.2. The number of nitrogens with one attached hydrogen (secondary N) is 1. The zero-order chi connectivity index (χ0) is 15.1. The second kappa shape index (κ2) is 4.62. The first-order valence-corrected chi connectivity index (χ1v) is 6.27. The van der Waals surface area contributed by atoms with E-state index in [0.717, 1.165) is 16.3 Å². The Morgan fingerprint density at radius 2 is 1.86 bits per heavy atom. The molecule has 21 heavy (non-hydrogen) atoms. The summed E-state index contributed by atoms with van der Waals surface area (Å²) in [5.41, 5.74) is 1.55. The maximum Gasteiger partial charge on any atom is 0.294 e. The molecule has 0 unspecified atom stereocenters. The summed E-state index contributed by atoms with van der Waals surface area (Å²) in [4.78, 5) is 44.3. The summed E-state index contributed by atoms with van der Waals surface area (Å²) >= 11 is 0. The van der Waals surface area contributed by atoms with Crippen LogP contribution in [0.4, 0.5) is 0 Å². The SMILES string of the molecule is Cc1cc(C)n2nc(C(=O)N3CC(=O)NC(=O)C3)nc2n1. The molecule has 9 nitrogen and oxygen atoms in total. The summed E-state index contributed by atoms with van der Waals surface area (Å²) in [5.74, 6) is -1.38. The number of piperazine rings is 1. The van der Waals surface area contributed by atoms with Crippen LogP contribution in [0, 0.1) is 13.8 Å². The number of hydrogen-bond donors (Lipinski definition) is 1. The molecule has 0 spiro atoms. The molecule has 0 atom stereocenters. The largest absolute Gasteiger partial charge is 0.317 e. The first-order chi connectivity index (χ1) is 9.94. The highest BCUT2D eigenvalue weighted by Gasteiger charge is 2.29. The summed E-state index contributed by atoms with van der Waals surface area (Å²) in [6.45, 7) is 3.26. The number of amides is 3. The van der Waals surface area contributed by atoms with Crippen molar-refractivity contribution in [2.75, 3.05) is 13.1 Å². The van der Waals surface area contributed by atoms with Gasteiger partial charge in [-0.1, -0.05) is 0 Å². The fourth-order valence-corrected chi connectivity index (χ4v) is 2.18. The van der Waals surface area contributed by atoms with Gasteiger partial charge in [-0.05, 0) is 19.9 Å². The Bertz CT molecular complexity index is 765. The molecule has 1 N–H and O–H groups in total. The molecular formula is C12H12N6O3. The van der Waals surface area contributed by atoms with Gasteiger partial charge in [0, 0.05) is 11.4 Å². The molecule has 3 heterocycles. The van der Waals surface area contributed by atoms with E-state index >= 15 is 0 Å². The Balaban J connectivity index is 1.96. The highest BCUT2D eigenvalue weighted by molar-refractivity contribution is 6.04. The van der Waals surface area contributed by atoms with E-state index in [1.54, 1.807) is 0 Å². The number of imide groups is 1. The van der Waals surface area contributed by atoms with Crippen molar-refractivity contribution in [3.8, 4) is 0 Å². The van der Waals surface area contributed by atoms with E-state index < -0.39 is 17.7 Å². The summed E-state index contributed by atoms with van der Waals surface area (Å²) in [6.07, 6.45) is 0. The molecule has 2 aromatic heterocycles. The maximum absolute atomic E-state index is 12.3. The van der Waals surface area contributed by atoms with Crippen molar-refractivity contribution in [3.05, 3.63) is 23.3 Å². The van der Waals surface area contributed by atoms with Gasteiger partial charge in [-0.15, -0.1) is 5.10 Å². The minimum atomic E-state index is -0.569. The van der Waals surface area contributed by atoms with Gasteiger partial charge >= 0.3 is 0 Å². The molecule has 2 aromatic rings. The fourth-order valence-electron chi connectivity index (χ4n) is 2.18. The Morgan fingerprint density at radius 1 is 1.19 bits per heavy atom. The molecule has 108 valence electrons. The lowest BCUT2D eigenvalue weighted by atomic mass is 10.3. The smallest absolute Gasteiger partial charge is 0.294 e. The van der Waals surface area contributed by atoms with E-state index in [2.05, 4.69) is 20.4 Å². The van der Waals surface area contributed by atoms with E-state index in [1.807, 2.05) is 19.9 Å². The van der Waals surface area contributed by atoms with E-state index in [4.69, 9.17) is 0 Å². The van der Waals surface area contributed by atoms with Crippen LogP contribution in [0.2, 0.25) is 0 Å². The Morgan fingerprint density at radius 3 is 2.52 bits per heavy atom.